The van der Waals surface area contributed by atoms with E-state index < -0.39 is 24.3 Å². The number of hydrogen-bond acceptors (Lipinski definition) is 4. The number of carbonyl (C=O) groups is 1. The number of rotatable bonds is 2. The predicted octanol–water partition coefficient (Wildman–Crippen LogP) is 1.27. The van der Waals surface area contributed by atoms with Crippen LogP contribution in [0.3, 0.4) is 0 Å². The first-order chi connectivity index (χ1) is 8.64. The van der Waals surface area contributed by atoms with Crippen LogP contribution >= 0.6 is 0 Å². The predicted molar refractivity (Wildman–Crippen MR) is 73.5 cm³/mol. The fraction of sp³-hybridized carbons (Fsp3) is 0.462. The second kappa shape index (κ2) is 4.25. The smallest absolute Gasteiger partial charge is 0.478 e. The molecule has 102 valence electrons. The first-order valence-electron chi connectivity index (χ1n) is 6.12. The van der Waals surface area contributed by atoms with Gasteiger partial charge in [0.2, 0.25) is 0 Å². The summed E-state index contributed by atoms with van der Waals surface area (Å²) in [5.74, 6) is -1.00. The van der Waals surface area contributed by atoms with Gasteiger partial charge in [-0.25, -0.2) is 4.79 Å². The Hall–Kier alpha value is -1.53. The summed E-state index contributed by atoms with van der Waals surface area (Å²) in [5.41, 5.74) is 6.11. The van der Waals surface area contributed by atoms with Crippen molar-refractivity contribution in [1.82, 2.24) is 0 Å². The largest absolute Gasteiger partial charge is 0.496 e. The van der Waals surface area contributed by atoms with Gasteiger partial charge in [-0.05, 0) is 45.9 Å². The lowest BCUT2D eigenvalue weighted by Gasteiger charge is -2.32. The lowest BCUT2D eigenvalue weighted by atomic mass is 9.77. The SMILES string of the molecule is CC1(C)OB(c2cc(C(=O)O)ccc2N)OC1(C)C. The van der Waals surface area contributed by atoms with Crippen LogP contribution in [0.2, 0.25) is 0 Å². The van der Waals surface area contributed by atoms with Crippen molar-refractivity contribution in [3.05, 3.63) is 23.8 Å². The van der Waals surface area contributed by atoms with Gasteiger partial charge in [-0.1, -0.05) is 0 Å². The highest BCUT2D eigenvalue weighted by molar-refractivity contribution is 6.64. The number of benzene rings is 1. The Morgan fingerprint density at radius 1 is 1.21 bits per heavy atom. The average Bonchev–Trinajstić information content (AvgIpc) is 2.48. The fourth-order valence-electron chi connectivity index (χ4n) is 1.88. The lowest BCUT2D eigenvalue weighted by molar-refractivity contribution is 0.00578. The Kier molecular flexibility index (Phi) is 3.11. The molecule has 5 nitrogen and oxygen atoms in total. The van der Waals surface area contributed by atoms with E-state index in [1.54, 1.807) is 6.07 Å². The van der Waals surface area contributed by atoms with Crippen molar-refractivity contribution in [2.75, 3.05) is 5.73 Å². The van der Waals surface area contributed by atoms with Crippen molar-refractivity contribution in [2.24, 2.45) is 0 Å². The summed E-state index contributed by atoms with van der Waals surface area (Å²) in [4.78, 5) is 11.0. The van der Waals surface area contributed by atoms with Gasteiger partial charge in [0, 0.05) is 11.2 Å². The minimum absolute atomic E-state index is 0.166. The van der Waals surface area contributed by atoms with E-state index in [1.165, 1.54) is 12.1 Å². The van der Waals surface area contributed by atoms with E-state index in [0.717, 1.165) is 0 Å². The minimum Gasteiger partial charge on any atom is -0.478 e. The summed E-state index contributed by atoms with van der Waals surface area (Å²) in [7, 11) is -0.649. The second-order valence-corrected chi connectivity index (χ2v) is 5.74. The van der Waals surface area contributed by atoms with Gasteiger partial charge in [0.15, 0.2) is 0 Å². The number of nitrogen functional groups attached to an aromatic ring is 1. The van der Waals surface area contributed by atoms with E-state index in [4.69, 9.17) is 20.1 Å². The minimum atomic E-state index is -1.00. The van der Waals surface area contributed by atoms with Crippen molar-refractivity contribution in [2.45, 2.75) is 38.9 Å². The van der Waals surface area contributed by atoms with Gasteiger partial charge < -0.3 is 20.1 Å². The zero-order valence-corrected chi connectivity index (χ0v) is 11.6. The van der Waals surface area contributed by atoms with Crippen molar-refractivity contribution in [3.63, 3.8) is 0 Å². The molecule has 19 heavy (non-hydrogen) atoms. The Bertz CT molecular complexity index is 511. The van der Waals surface area contributed by atoms with Crippen LogP contribution in [0.25, 0.3) is 0 Å². The quantitative estimate of drug-likeness (QED) is 0.620. The summed E-state index contributed by atoms with van der Waals surface area (Å²) in [6.07, 6.45) is 0. The van der Waals surface area contributed by atoms with Gasteiger partial charge in [0.25, 0.3) is 0 Å². The fourth-order valence-corrected chi connectivity index (χ4v) is 1.88. The maximum Gasteiger partial charge on any atom is 0.496 e. The maximum atomic E-state index is 11.0. The van der Waals surface area contributed by atoms with Gasteiger partial charge >= 0.3 is 13.1 Å². The van der Waals surface area contributed by atoms with Crippen molar-refractivity contribution >= 4 is 24.2 Å². The molecule has 1 aromatic carbocycles. The van der Waals surface area contributed by atoms with Gasteiger partial charge in [-0.15, -0.1) is 0 Å². The monoisotopic (exact) mass is 263 g/mol. The molecule has 0 atom stereocenters. The molecule has 1 fully saturated rings. The number of nitrogens with two attached hydrogens (primary N) is 1. The highest BCUT2D eigenvalue weighted by atomic mass is 16.7. The summed E-state index contributed by atoms with van der Waals surface area (Å²) in [6.45, 7) is 7.74. The average molecular weight is 263 g/mol. The summed E-state index contributed by atoms with van der Waals surface area (Å²) in [6, 6.07) is 4.52. The molecule has 3 N–H and O–H groups in total. The molecule has 0 bridgehead atoms. The molecule has 0 amide bonds. The molecular weight excluding hydrogens is 245 g/mol. The Balaban J connectivity index is 2.39. The zero-order chi connectivity index (χ0) is 14.4. The molecule has 0 unspecified atom stereocenters. The van der Waals surface area contributed by atoms with Crippen LogP contribution in [-0.4, -0.2) is 29.4 Å². The molecular formula is C13H18BNO4. The van der Waals surface area contributed by atoms with Crippen LogP contribution in [0.4, 0.5) is 5.69 Å². The molecule has 0 saturated carbocycles. The van der Waals surface area contributed by atoms with E-state index in [1.807, 2.05) is 27.7 Å². The van der Waals surface area contributed by atoms with Crippen LogP contribution < -0.4 is 11.2 Å². The Morgan fingerprint density at radius 2 is 1.74 bits per heavy atom. The molecule has 1 aromatic rings. The Labute approximate surface area is 112 Å². The molecule has 1 aliphatic heterocycles. The third kappa shape index (κ3) is 2.33. The Morgan fingerprint density at radius 3 is 2.21 bits per heavy atom. The number of anilines is 1. The van der Waals surface area contributed by atoms with Gasteiger partial charge in [0.05, 0.1) is 16.8 Å². The third-order valence-electron chi connectivity index (χ3n) is 3.84. The molecule has 6 heteroatoms. The van der Waals surface area contributed by atoms with E-state index in [0.29, 0.717) is 11.2 Å². The lowest BCUT2D eigenvalue weighted by Crippen LogP contribution is -2.41. The van der Waals surface area contributed by atoms with Crippen molar-refractivity contribution < 1.29 is 19.2 Å². The number of carboxylic acids is 1. The van der Waals surface area contributed by atoms with Crippen LogP contribution in [0, 0.1) is 0 Å². The van der Waals surface area contributed by atoms with Gasteiger partial charge in [-0.2, -0.15) is 0 Å². The maximum absolute atomic E-state index is 11.0. The van der Waals surface area contributed by atoms with Crippen molar-refractivity contribution in [3.8, 4) is 0 Å². The summed E-state index contributed by atoms with van der Waals surface area (Å²) >= 11 is 0. The standard InChI is InChI=1S/C13H18BNO4/c1-12(2)13(3,4)19-14(18-12)9-7-8(11(16)17)5-6-10(9)15/h5-7H,15H2,1-4H3,(H,16,17). The van der Waals surface area contributed by atoms with E-state index in [-0.39, 0.29) is 5.56 Å². The van der Waals surface area contributed by atoms with Crippen LogP contribution in [0.1, 0.15) is 38.1 Å². The molecule has 1 heterocycles. The molecule has 0 aromatic heterocycles. The topological polar surface area (TPSA) is 81.8 Å². The van der Waals surface area contributed by atoms with E-state index in [2.05, 4.69) is 0 Å². The molecule has 0 aliphatic carbocycles. The zero-order valence-electron chi connectivity index (χ0n) is 11.6. The van der Waals surface area contributed by atoms with Crippen LogP contribution in [-0.2, 0) is 9.31 Å². The summed E-state index contributed by atoms with van der Waals surface area (Å²) < 4.78 is 11.7. The molecule has 1 aliphatic rings. The first-order valence-corrected chi connectivity index (χ1v) is 6.12. The van der Waals surface area contributed by atoms with E-state index >= 15 is 0 Å². The third-order valence-corrected chi connectivity index (χ3v) is 3.84. The highest BCUT2D eigenvalue weighted by Crippen LogP contribution is 2.36. The van der Waals surface area contributed by atoms with Crippen molar-refractivity contribution in [1.29, 1.82) is 0 Å². The number of hydrogen-bond donors (Lipinski definition) is 2. The molecule has 1 saturated heterocycles. The highest BCUT2D eigenvalue weighted by Gasteiger charge is 2.52. The molecule has 0 radical (unpaired) electrons. The van der Waals surface area contributed by atoms with E-state index in [9.17, 15) is 4.79 Å². The molecule has 2 rings (SSSR count). The molecule has 0 spiro atoms. The number of aromatic carboxylic acids is 1. The number of carboxylic acid groups (broad SMARTS) is 1. The van der Waals surface area contributed by atoms with Gasteiger partial charge in [-0.3, -0.25) is 0 Å². The first kappa shape index (κ1) is 13.9. The summed E-state index contributed by atoms with van der Waals surface area (Å²) in [5, 5.41) is 9.03. The van der Waals surface area contributed by atoms with Gasteiger partial charge in [0.1, 0.15) is 0 Å². The second-order valence-electron chi connectivity index (χ2n) is 5.74. The van der Waals surface area contributed by atoms with Crippen LogP contribution in [0.15, 0.2) is 18.2 Å². The normalized spacial score (nSPS) is 20.5. The van der Waals surface area contributed by atoms with Crippen LogP contribution in [0.5, 0.6) is 0 Å².